The number of furan rings is 1. The van der Waals surface area contributed by atoms with Gasteiger partial charge in [-0.25, -0.2) is 0 Å². The van der Waals surface area contributed by atoms with Crippen molar-refractivity contribution in [3.8, 4) is 6.07 Å². The second kappa shape index (κ2) is 6.82. The number of nitrogens with two attached hydrogens (primary N) is 1. The van der Waals surface area contributed by atoms with Gasteiger partial charge in [-0.2, -0.15) is 5.26 Å². The van der Waals surface area contributed by atoms with Crippen molar-refractivity contribution in [3.63, 3.8) is 0 Å². The number of hydrogen-bond acceptors (Lipinski definition) is 4. The number of amides is 1. The Morgan fingerprint density at radius 3 is 2.86 bits per heavy atom. The quantitative estimate of drug-likeness (QED) is 0.860. The van der Waals surface area contributed by atoms with Crippen molar-refractivity contribution < 1.29 is 9.21 Å². The first-order valence-corrected chi connectivity index (χ1v) is 6.73. The molecule has 108 valence electrons. The van der Waals surface area contributed by atoms with Gasteiger partial charge < -0.3 is 15.1 Å². The summed E-state index contributed by atoms with van der Waals surface area (Å²) in [5.74, 6) is 0.436. The third-order valence-corrected chi connectivity index (χ3v) is 3.28. The van der Waals surface area contributed by atoms with Crippen LogP contribution < -0.4 is 5.73 Å². The van der Waals surface area contributed by atoms with E-state index in [4.69, 9.17) is 27.0 Å². The molecule has 0 radical (unpaired) electrons. The number of nitrogen functional groups attached to an aromatic ring is 1. The number of hydrogen-bond donors (Lipinski definition) is 1. The lowest BCUT2D eigenvalue weighted by atomic mass is 10.1. The number of halogens is 1. The highest BCUT2D eigenvalue weighted by molar-refractivity contribution is 6.33. The Bertz CT molecular complexity index is 662. The maximum Gasteiger partial charge on any atom is 0.254 e. The van der Waals surface area contributed by atoms with E-state index in [-0.39, 0.29) is 12.3 Å². The SMILES string of the molecule is N#CCCN(Cc1ccco1)C(=O)c1ccc(N)c(Cl)c1. The van der Waals surface area contributed by atoms with Crippen molar-refractivity contribution in [1.29, 1.82) is 5.26 Å². The first-order valence-electron chi connectivity index (χ1n) is 6.35. The van der Waals surface area contributed by atoms with Crippen LogP contribution in [0.15, 0.2) is 41.0 Å². The molecule has 21 heavy (non-hydrogen) atoms. The first kappa shape index (κ1) is 14.9. The number of benzene rings is 1. The number of anilines is 1. The van der Waals surface area contributed by atoms with E-state index in [1.54, 1.807) is 35.4 Å². The number of carbonyl (C=O) groups is 1. The van der Waals surface area contributed by atoms with Crippen LogP contribution in [0, 0.1) is 11.3 Å². The molecule has 0 atom stereocenters. The number of nitrogens with zero attached hydrogens (tertiary/aromatic N) is 2. The Balaban J connectivity index is 2.20. The highest BCUT2D eigenvalue weighted by Gasteiger charge is 2.17. The zero-order valence-electron chi connectivity index (χ0n) is 11.3. The fourth-order valence-corrected chi connectivity index (χ4v) is 2.05. The summed E-state index contributed by atoms with van der Waals surface area (Å²) in [6.07, 6.45) is 1.79. The topological polar surface area (TPSA) is 83.3 Å². The van der Waals surface area contributed by atoms with Crippen LogP contribution in [-0.4, -0.2) is 17.4 Å². The smallest absolute Gasteiger partial charge is 0.254 e. The summed E-state index contributed by atoms with van der Waals surface area (Å²) in [5.41, 5.74) is 6.49. The van der Waals surface area contributed by atoms with Gasteiger partial charge in [0.2, 0.25) is 0 Å². The average molecular weight is 304 g/mol. The predicted octanol–water partition coefficient (Wildman–Crippen LogP) is 3.07. The minimum absolute atomic E-state index is 0.219. The van der Waals surface area contributed by atoms with Crippen molar-refractivity contribution >= 4 is 23.2 Å². The van der Waals surface area contributed by atoms with Crippen LogP contribution in [0.25, 0.3) is 0 Å². The third-order valence-electron chi connectivity index (χ3n) is 2.95. The van der Waals surface area contributed by atoms with Gasteiger partial charge in [-0.15, -0.1) is 0 Å². The van der Waals surface area contributed by atoms with Gasteiger partial charge in [0.05, 0.1) is 36.0 Å². The van der Waals surface area contributed by atoms with Gasteiger partial charge in [-0.1, -0.05) is 11.6 Å². The fraction of sp³-hybridized carbons (Fsp3) is 0.200. The van der Waals surface area contributed by atoms with Crippen molar-refractivity contribution in [2.24, 2.45) is 0 Å². The average Bonchev–Trinajstić information content (AvgIpc) is 2.98. The summed E-state index contributed by atoms with van der Waals surface area (Å²) in [6, 6.07) is 10.3. The normalized spacial score (nSPS) is 10.1. The van der Waals surface area contributed by atoms with Gasteiger partial charge in [0.15, 0.2) is 0 Å². The zero-order valence-corrected chi connectivity index (χ0v) is 12.0. The van der Waals surface area contributed by atoms with E-state index in [0.29, 0.717) is 35.1 Å². The zero-order chi connectivity index (χ0) is 15.2. The molecule has 0 bridgehead atoms. The lowest BCUT2D eigenvalue weighted by molar-refractivity contribution is 0.0735. The molecule has 0 unspecified atom stereocenters. The van der Waals surface area contributed by atoms with Gasteiger partial charge in [0.25, 0.3) is 5.91 Å². The molecule has 5 nitrogen and oxygen atoms in total. The van der Waals surface area contributed by atoms with Crippen LogP contribution in [0.3, 0.4) is 0 Å². The van der Waals surface area contributed by atoms with E-state index in [1.807, 2.05) is 6.07 Å². The summed E-state index contributed by atoms with van der Waals surface area (Å²) >= 11 is 5.94. The number of nitriles is 1. The second-order valence-electron chi connectivity index (χ2n) is 4.45. The molecule has 0 fully saturated rings. The highest BCUT2D eigenvalue weighted by Crippen LogP contribution is 2.21. The van der Waals surface area contributed by atoms with E-state index in [2.05, 4.69) is 0 Å². The Morgan fingerprint density at radius 2 is 2.24 bits per heavy atom. The largest absolute Gasteiger partial charge is 0.467 e. The molecule has 0 aliphatic heterocycles. The second-order valence-corrected chi connectivity index (χ2v) is 4.86. The van der Waals surface area contributed by atoms with Crippen molar-refractivity contribution in [1.82, 2.24) is 4.90 Å². The van der Waals surface area contributed by atoms with Crippen LogP contribution in [0.1, 0.15) is 22.5 Å². The van der Waals surface area contributed by atoms with Crippen LogP contribution >= 0.6 is 11.6 Å². The van der Waals surface area contributed by atoms with Crippen LogP contribution in [0.2, 0.25) is 5.02 Å². The lowest BCUT2D eigenvalue weighted by Gasteiger charge is -2.20. The van der Waals surface area contributed by atoms with Gasteiger partial charge in [-0.05, 0) is 30.3 Å². The van der Waals surface area contributed by atoms with Gasteiger partial charge in [0, 0.05) is 12.1 Å². The number of carbonyl (C=O) groups excluding carboxylic acids is 1. The standard InChI is InChI=1S/C15H14ClN3O2/c16-13-9-11(4-5-14(13)18)15(20)19(7-2-6-17)10-12-3-1-8-21-12/h1,3-5,8-9H,2,7,10,18H2. The molecule has 0 saturated heterocycles. The molecule has 0 aliphatic rings. The van der Waals surface area contributed by atoms with Gasteiger partial charge in [0.1, 0.15) is 5.76 Å². The minimum Gasteiger partial charge on any atom is -0.467 e. The number of rotatable bonds is 5. The Kier molecular flexibility index (Phi) is 4.85. The maximum atomic E-state index is 12.5. The molecule has 2 N–H and O–H groups in total. The van der Waals surface area contributed by atoms with Crippen molar-refractivity contribution in [2.75, 3.05) is 12.3 Å². The lowest BCUT2D eigenvalue weighted by Crippen LogP contribution is -2.31. The van der Waals surface area contributed by atoms with Crippen LogP contribution in [-0.2, 0) is 6.54 Å². The summed E-state index contributed by atoms with van der Waals surface area (Å²) in [6.45, 7) is 0.619. The van der Waals surface area contributed by atoms with E-state index >= 15 is 0 Å². The molecule has 1 aromatic carbocycles. The van der Waals surface area contributed by atoms with Crippen molar-refractivity contribution in [3.05, 3.63) is 52.9 Å². The first-order chi connectivity index (χ1) is 10.1. The van der Waals surface area contributed by atoms with E-state index in [1.165, 1.54) is 6.07 Å². The molecule has 0 spiro atoms. The summed E-state index contributed by atoms with van der Waals surface area (Å²) < 4.78 is 5.25. The van der Waals surface area contributed by atoms with Crippen LogP contribution in [0.5, 0.6) is 0 Å². The molecule has 1 aromatic heterocycles. The minimum atomic E-state index is -0.219. The predicted molar refractivity (Wildman–Crippen MR) is 79.5 cm³/mol. The Morgan fingerprint density at radius 1 is 1.43 bits per heavy atom. The molecular weight excluding hydrogens is 290 g/mol. The van der Waals surface area contributed by atoms with E-state index < -0.39 is 0 Å². The molecule has 1 heterocycles. The monoisotopic (exact) mass is 303 g/mol. The summed E-state index contributed by atoms with van der Waals surface area (Å²) in [7, 11) is 0. The summed E-state index contributed by atoms with van der Waals surface area (Å²) in [4.78, 5) is 14.1. The molecule has 0 aliphatic carbocycles. The van der Waals surface area contributed by atoms with Crippen LogP contribution in [0.4, 0.5) is 5.69 Å². The third kappa shape index (κ3) is 3.77. The van der Waals surface area contributed by atoms with Crippen molar-refractivity contribution in [2.45, 2.75) is 13.0 Å². The van der Waals surface area contributed by atoms with Gasteiger partial charge in [-0.3, -0.25) is 4.79 Å². The fourth-order valence-electron chi connectivity index (χ4n) is 1.87. The molecule has 1 amide bonds. The Hall–Kier alpha value is -2.45. The highest BCUT2D eigenvalue weighted by atomic mass is 35.5. The molecule has 2 rings (SSSR count). The maximum absolute atomic E-state index is 12.5. The molecular formula is C15H14ClN3O2. The van der Waals surface area contributed by atoms with E-state index in [9.17, 15) is 4.79 Å². The molecule has 0 saturated carbocycles. The van der Waals surface area contributed by atoms with E-state index in [0.717, 1.165) is 0 Å². The Labute approximate surface area is 127 Å². The summed E-state index contributed by atoms with van der Waals surface area (Å²) in [5, 5.41) is 9.06. The molecule has 6 heteroatoms. The molecule has 2 aromatic rings. The van der Waals surface area contributed by atoms with Gasteiger partial charge >= 0.3 is 0 Å².